The molecule has 0 aliphatic carbocycles. The number of hydrogen-bond acceptors (Lipinski definition) is 3. The van der Waals surface area contributed by atoms with E-state index < -0.39 is 0 Å². The Kier molecular flexibility index (Phi) is 1.66. The highest BCUT2D eigenvalue weighted by atomic mass is 32.2. The first kappa shape index (κ1) is 6.01. The fourth-order valence-corrected chi connectivity index (χ4v) is 2.35. The lowest BCUT2D eigenvalue weighted by molar-refractivity contribution is 0.292. The minimum atomic E-state index is 0.775. The molecule has 0 aromatic rings. The quantitative estimate of drug-likeness (QED) is 0.486. The fraction of sp³-hybridized carbons (Fsp3) is 1.00. The third-order valence-corrected chi connectivity index (χ3v) is 3.12. The number of hydrogen-bond donors (Lipinski definition) is 2. The van der Waals surface area contributed by atoms with Crippen molar-refractivity contribution in [1.29, 1.82) is 0 Å². The Morgan fingerprint density at radius 3 is 3.00 bits per heavy atom. The second-order valence-electron chi connectivity index (χ2n) is 2.65. The van der Waals surface area contributed by atoms with Crippen LogP contribution < -0.4 is 10.6 Å². The summed E-state index contributed by atoms with van der Waals surface area (Å²) in [6.45, 7) is 2.39. The van der Waals surface area contributed by atoms with Crippen LogP contribution >= 0.6 is 11.8 Å². The van der Waals surface area contributed by atoms with Gasteiger partial charge in [0.05, 0.1) is 0 Å². The summed E-state index contributed by atoms with van der Waals surface area (Å²) in [5.41, 5.74) is 0. The summed E-state index contributed by atoms with van der Waals surface area (Å²) >= 11 is 2.05. The van der Waals surface area contributed by atoms with Gasteiger partial charge in [-0.05, 0) is 0 Å². The molecule has 52 valence electrons. The van der Waals surface area contributed by atoms with Gasteiger partial charge in [-0.3, -0.25) is 0 Å². The van der Waals surface area contributed by atoms with Gasteiger partial charge < -0.3 is 10.6 Å². The summed E-state index contributed by atoms with van der Waals surface area (Å²) in [5.74, 6) is 2.59. The van der Waals surface area contributed by atoms with E-state index in [1.165, 1.54) is 24.6 Å². The highest BCUT2D eigenvalue weighted by Gasteiger charge is 2.30. The molecule has 2 atom stereocenters. The Hall–Kier alpha value is 0.270. The molecule has 2 unspecified atom stereocenters. The highest BCUT2D eigenvalue weighted by Crippen LogP contribution is 2.14. The van der Waals surface area contributed by atoms with Crippen molar-refractivity contribution in [2.75, 3.05) is 24.6 Å². The standard InChI is InChI=1S/C6H12N2S/c1-2-9-4-6-5(7-1)3-8-6/h5-8H,1-4H2. The van der Waals surface area contributed by atoms with Gasteiger partial charge in [-0.2, -0.15) is 11.8 Å². The van der Waals surface area contributed by atoms with Crippen molar-refractivity contribution in [3.8, 4) is 0 Å². The summed E-state index contributed by atoms with van der Waals surface area (Å²) in [7, 11) is 0. The molecule has 2 rings (SSSR count). The van der Waals surface area contributed by atoms with Crippen LogP contribution in [-0.4, -0.2) is 36.7 Å². The normalized spacial score (nSPS) is 42.7. The summed E-state index contributed by atoms with van der Waals surface area (Å²) < 4.78 is 0. The second kappa shape index (κ2) is 2.48. The van der Waals surface area contributed by atoms with Crippen molar-refractivity contribution < 1.29 is 0 Å². The van der Waals surface area contributed by atoms with Gasteiger partial charge in [0, 0.05) is 36.7 Å². The lowest BCUT2D eigenvalue weighted by atomic mass is 10.0. The maximum atomic E-state index is 3.50. The van der Waals surface area contributed by atoms with E-state index >= 15 is 0 Å². The van der Waals surface area contributed by atoms with Crippen molar-refractivity contribution in [3.05, 3.63) is 0 Å². The molecule has 0 spiro atoms. The van der Waals surface area contributed by atoms with Gasteiger partial charge in [0.2, 0.25) is 0 Å². The van der Waals surface area contributed by atoms with Crippen LogP contribution in [0.25, 0.3) is 0 Å². The van der Waals surface area contributed by atoms with Crippen LogP contribution in [-0.2, 0) is 0 Å². The van der Waals surface area contributed by atoms with Gasteiger partial charge in [-0.25, -0.2) is 0 Å². The molecular weight excluding hydrogens is 132 g/mol. The Balaban J connectivity index is 1.90. The molecule has 3 heteroatoms. The van der Waals surface area contributed by atoms with E-state index in [0.29, 0.717) is 0 Å². The van der Waals surface area contributed by atoms with Gasteiger partial charge in [-0.1, -0.05) is 0 Å². The molecule has 0 amide bonds. The molecule has 2 nitrogen and oxygen atoms in total. The molecule has 2 fully saturated rings. The Morgan fingerprint density at radius 2 is 2.22 bits per heavy atom. The van der Waals surface area contributed by atoms with E-state index in [2.05, 4.69) is 22.4 Å². The first-order valence-electron chi connectivity index (χ1n) is 3.51. The Morgan fingerprint density at radius 1 is 1.22 bits per heavy atom. The van der Waals surface area contributed by atoms with Crippen molar-refractivity contribution in [2.45, 2.75) is 12.1 Å². The van der Waals surface area contributed by atoms with Crippen LogP contribution in [0.3, 0.4) is 0 Å². The summed E-state index contributed by atoms with van der Waals surface area (Å²) in [4.78, 5) is 0. The van der Waals surface area contributed by atoms with Crippen LogP contribution in [0, 0.1) is 0 Å². The Labute approximate surface area is 59.8 Å². The van der Waals surface area contributed by atoms with Crippen molar-refractivity contribution in [3.63, 3.8) is 0 Å². The van der Waals surface area contributed by atoms with Gasteiger partial charge in [0.1, 0.15) is 0 Å². The van der Waals surface area contributed by atoms with Gasteiger partial charge in [0.15, 0.2) is 0 Å². The lowest BCUT2D eigenvalue weighted by Crippen LogP contribution is -2.64. The van der Waals surface area contributed by atoms with Crippen molar-refractivity contribution >= 4 is 11.8 Å². The molecule has 2 saturated heterocycles. The monoisotopic (exact) mass is 144 g/mol. The van der Waals surface area contributed by atoms with E-state index in [1.807, 2.05) is 0 Å². The van der Waals surface area contributed by atoms with Crippen molar-refractivity contribution in [1.82, 2.24) is 10.6 Å². The molecule has 2 aliphatic heterocycles. The molecule has 2 aliphatic rings. The number of nitrogens with one attached hydrogen (secondary N) is 2. The van der Waals surface area contributed by atoms with E-state index in [4.69, 9.17) is 0 Å². The first-order chi connectivity index (χ1) is 4.47. The molecule has 0 aromatic heterocycles. The zero-order valence-corrected chi connectivity index (χ0v) is 6.21. The molecule has 0 bridgehead atoms. The zero-order chi connectivity index (χ0) is 6.10. The van der Waals surface area contributed by atoms with Gasteiger partial charge >= 0.3 is 0 Å². The lowest BCUT2D eigenvalue weighted by Gasteiger charge is -2.36. The molecule has 9 heavy (non-hydrogen) atoms. The van der Waals surface area contributed by atoms with Crippen LogP contribution in [0.15, 0.2) is 0 Å². The third-order valence-electron chi connectivity index (χ3n) is 2.04. The summed E-state index contributed by atoms with van der Waals surface area (Å²) in [6.07, 6.45) is 0. The highest BCUT2D eigenvalue weighted by molar-refractivity contribution is 7.99. The summed E-state index contributed by atoms with van der Waals surface area (Å²) in [6, 6.07) is 1.57. The number of fused-ring (bicyclic) bond motifs is 1. The maximum Gasteiger partial charge on any atom is 0.0355 e. The number of thioether (sulfide) groups is 1. The number of rotatable bonds is 0. The predicted molar refractivity (Wildman–Crippen MR) is 40.9 cm³/mol. The minimum Gasteiger partial charge on any atom is -0.310 e. The van der Waals surface area contributed by atoms with Crippen LogP contribution in [0.1, 0.15) is 0 Å². The van der Waals surface area contributed by atoms with Crippen molar-refractivity contribution in [2.24, 2.45) is 0 Å². The largest absolute Gasteiger partial charge is 0.310 e. The van der Waals surface area contributed by atoms with E-state index in [9.17, 15) is 0 Å². The second-order valence-corrected chi connectivity index (χ2v) is 3.80. The topological polar surface area (TPSA) is 24.1 Å². The van der Waals surface area contributed by atoms with E-state index in [0.717, 1.165) is 12.1 Å². The fourth-order valence-electron chi connectivity index (χ4n) is 1.32. The van der Waals surface area contributed by atoms with Crippen LogP contribution in [0.2, 0.25) is 0 Å². The third kappa shape index (κ3) is 1.09. The molecule has 0 radical (unpaired) electrons. The maximum absolute atomic E-state index is 3.50. The van der Waals surface area contributed by atoms with E-state index in [-0.39, 0.29) is 0 Å². The molecule has 2 N–H and O–H groups in total. The minimum absolute atomic E-state index is 0.775. The van der Waals surface area contributed by atoms with Crippen LogP contribution in [0.4, 0.5) is 0 Å². The van der Waals surface area contributed by atoms with Gasteiger partial charge in [0.25, 0.3) is 0 Å². The predicted octanol–water partition coefficient (Wildman–Crippen LogP) is -0.337. The zero-order valence-electron chi connectivity index (χ0n) is 5.39. The molecule has 0 saturated carbocycles. The molecular formula is C6H12N2S. The smallest absolute Gasteiger partial charge is 0.0355 e. The average molecular weight is 144 g/mol. The Bertz CT molecular complexity index is 95.2. The molecule has 2 heterocycles. The SMILES string of the molecule is C1CSCC2NCC2N1. The average Bonchev–Trinajstić information content (AvgIpc) is 1.94. The summed E-state index contributed by atoms with van der Waals surface area (Å²) in [5, 5.41) is 6.90. The van der Waals surface area contributed by atoms with Crippen LogP contribution in [0.5, 0.6) is 0 Å². The first-order valence-corrected chi connectivity index (χ1v) is 4.67. The van der Waals surface area contributed by atoms with E-state index in [1.54, 1.807) is 0 Å². The molecule has 0 aromatic carbocycles. The van der Waals surface area contributed by atoms with Gasteiger partial charge in [-0.15, -0.1) is 0 Å².